The highest BCUT2D eigenvalue weighted by Crippen LogP contribution is 2.25. The van der Waals surface area contributed by atoms with Crippen molar-refractivity contribution in [3.05, 3.63) is 0 Å². The lowest BCUT2D eigenvalue weighted by atomic mass is 10.1. The fourth-order valence-electron chi connectivity index (χ4n) is 2.55. The summed E-state index contributed by atoms with van der Waals surface area (Å²) >= 11 is 0. The number of nitrogens with zero attached hydrogens (tertiary/aromatic N) is 2. The van der Waals surface area contributed by atoms with Crippen LogP contribution < -0.4 is 0 Å². The molecule has 14 heavy (non-hydrogen) atoms. The molecule has 0 N–H and O–H groups in total. The third kappa shape index (κ3) is 2.48. The van der Waals surface area contributed by atoms with Gasteiger partial charge in [-0.25, -0.2) is 0 Å². The van der Waals surface area contributed by atoms with E-state index in [1.807, 2.05) is 0 Å². The molecule has 0 radical (unpaired) electrons. The van der Waals surface area contributed by atoms with Gasteiger partial charge in [-0.1, -0.05) is 0 Å². The van der Waals surface area contributed by atoms with Gasteiger partial charge in [0.15, 0.2) is 8.64 Å². The molecular weight excluding hydrogens is 204 g/mol. The molecule has 0 unspecified atom stereocenters. The molecule has 0 aliphatic carbocycles. The lowest BCUT2D eigenvalue weighted by Crippen LogP contribution is -2.57. The molecule has 0 aromatic heterocycles. The Labute approximate surface area is 93.6 Å². The molecule has 0 amide bonds. The first-order chi connectivity index (χ1) is 6.14. The molecule has 84 valence electrons. The molecule has 1 rings (SSSR count). The van der Waals surface area contributed by atoms with Crippen molar-refractivity contribution < 1.29 is 0 Å². The van der Waals surface area contributed by atoms with Crippen LogP contribution in [-0.4, -0.2) is 51.7 Å². The van der Waals surface area contributed by atoms with Crippen molar-refractivity contribution in [2.45, 2.75) is 52.6 Å². The van der Waals surface area contributed by atoms with E-state index in [4.69, 9.17) is 0 Å². The number of hydrogen-bond acceptors (Lipinski definition) is 2. The third-order valence-corrected chi connectivity index (χ3v) is 10.8. The van der Waals surface area contributed by atoms with Crippen molar-refractivity contribution in [1.29, 1.82) is 0 Å². The van der Waals surface area contributed by atoms with Gasteiger partial charge in [-0.05, 0) is 41.5 Å². The van der Waals surface area contributed by atoms with Crippen LogP contribution in [0.15, 0.2) is 0 Å². The van der Waals surface area contributed by atoms with Crippen molar-refractivity contribution in [2.75, 3.05) is 13.1 Å². The van der Waals surface area contributed by atoms with Gasteiger partial charge < -0.3 is 9.13 Å². The quantitative estimate of drug-likeness (QED) is 0.552. The summed E-state index contributed by atoms with van der Waals surface area (Å²) in [6, 6.07) is 0. The molecule has 4 heteroatoms. The minimum absolute atomic E-state index is 0.388. The fraction of sp³-hybridized carbons (Fsp3) is 1.00. The largest absolute Gasteiger partial charge is 0.311 e. The summed E-state index contributed by atoms with van der Waals surface area (Å²) in [5.74, 6) is 0. The van der Waals surface area contributed by atoms with E-state index in [9.17, 15) is 0 Å². The Balaban J connectivity index is 2.75. The average molecular weight is 231 g/mol. The van der Waals surface area contributed by atoms with Gasteiger partial charge in [0.05, 0.1) is 0 Å². The molecule has 0 saturated carbocycles. The van der Waals surface area contributed by atoms with Gasteiger partial charge in [0, 0.05) is 33.9 Å². The molecule has 1 saturated heterocycles. The van der Waals surface area contributed by atoms with Crippen LogP contribution in [0.3, 0.4) is 0 Å². The van der Waals surface area contributed by atoms with Gasteiger partial charge in [0.25, 0.3) is 0 Å². The highest BCUT2D eigenvalue weighted by molar-refractivity contribution is 7.00. The van der Waals surface area contributed by atoms with Crippen LogP contribution in [-0.2, 0) is 0 Å². The maximum atomic E-state index is 2.78. The summed E-state index contributed by atoms with van der Waals surface area (Å²) in [5.41, 5.74) is 0.775. The molecule has 0 atom stereocenters. The van der Waals surface area contributed by atoms with Crippen molar-refractivity contribution in [2.24, 2.45) is 0 Å². The average Bonchev–Trinajstić information content (AvgIpc) is 2.26. The van der Waals surface area contributed by atoms with E-state index >= 15 is 0 Å². The maximum absolute atomic E-state index is 2.78. The normalized spacial score (nSPS) is 23.6. The Morgan fingerprint density at radius 1 is 0.857 bits per heavy atom. The zero-order chi connectivity index (χ0) is 11.1. The predicted octanol–water partition coefficient (Wildman–Crippen LogP) is 0.284. The molecule has 1 aliphatic rings. The van der Waals surface area contributed by atoms with Gasteiger partial charge in [0.2, 0.25) is 0 Å². The van der Waals surface area contributed by atoms with Crippen LogP contribution in [0.25, 0.3) is 0 Å². The Hall–Kier alpha value is 0.354. The smallest absolute Gasteiger partial charge is 0.165 e. The van der Waals surface area contributed by atoms with Gasteiger partial charge in [-0.15, -0.1) is 0 Å². The highest BCUT2D eigenvalue weighted by Gasteiger charge is 2.40. The maximum Gasteiger partial charge on any atom is 0.165 e. The molecule has 1 fully saturated rings. The molecule has 1 aliphatic heterocycles. The minimum atomic E-state index is -0.724. The van der Waals surface area contributed by atoms with Crippen molar-refractivity contribution in [3.8, 4) is 0 Å². The van der Waals surface area contributed by atoms with Crippen LogP contribution in [0.2, 0.25) is 0 Å². The first-order valence-electron chi connectivity index (χ1n) is 5.67. The summed E-state index contributed by atoms with van der Waals surface area (Å²) in [6.07, 6.45) is 0. The molecule has 1 heterocycles. The summed E-state index contributed by atoms with van der Waals surface area (Å²) in [7, 11) is 0.648. The second kappa shape index (κ2) is 3.74. The lowest BCUT2D eigenvalue weighted by Gasteiger charge is -2.40. The van der Waals surface area contributed by atoms with E-state index in [0.717, 1.165) is 0 Å². The summed E-state index contributed by atoms with van der Waals surface area (Å²) in [5, 5.41) is 0. The van der Waals surface area contributed by atoms with Crippen molar-refractivity contribution in [3.63, 3.8) is 0 Å². The van der Waals surface area contributed by atoms with Gasteiger partial charge in [-0.2, -0.15) is 0 Å². The topological polar surface area (TPSA) is 6.48 Å². The standard InChI is InChI=1S/C10H26N2Si2/c1-9(2,3)11-7-8-12(14(11)13)10(4,5)6/h14H,7-8H2,1-6,13H3. The Bertz CT molecular complexity index is 183. The zero-order valence-electron chi connectivity index (χ0n) is 10.9. The Morgan fingerprint density at radius 2 is 1.14 bits per heavy atom. The molecular formula is C10H26N2Si2. The first kappa shape index (κ1) is 12.4. The third-order valence-electron chi connectivity index (χ3n) is 3.21. The zero-order valence-corrected chi connectivity index (χ0v) is 14.0. The number of rotatable bonds is 0. The predicted molar refractivity (Wildman–Crippen MR) is 70.0 cm³/mol. The lowest BCUT2D eigenvalue weighted by molar-refractivity contribution is 0.271. The Kier molecular flexibility index (Phi) is 3.32. The van der Waals surface area contributed by atoms with Crippen LogP contribution >= 0.6 is 0 Å². The van der Waals surface area contributed by atoms with E-state index in [1.165, 1.54) is 22.8 Å². The van der Waals surface area contributed by atoms with Crippen molar-refractivity contribution >= 4 is 18.4 Å². The molecule has 0 bridgehead atoms. The summed E-state index contributed by atoms with van der Waals surface area (Å²) in [6.45, 7) is 16.7. The van der Waals surface area contributed by atoms with Gasteiger partial charge in [-0.3, -0.25) is 0 Å². The molecule has 0 aromatic rings. The minimum Gasteiger partial charge on any atom is -0.311 e. The van der Waals surface area contributed by atoms with Crippen molar-refractivity contribution in [1.82, 2.24) is 9.13 Å². The van der Waals surface area contributed by atoms with E-state index < -0.39 is 8.64 Å². The van der Waals surface area contributed by atoms with E-state index in [1.54, 1.807) is 0 Å². The van der Waals surface area contributed by atoms with E-state index in [0.29, 0.717) is 11.1 Å². The summed E-state index contributed by atoms with van der Waals surface area (Å²) in [4.78, 5) is 0. The van der Waals surface area contributed by atoms with Gasteiger partial charge >= 0.3 is 0 Å². The second-order valence-electron chi connectivity index (χ2n) is 6.36. The molecule has 0 aromatic carbocycles. The van der Waals surface area contributed by atoms with Gasteiger partial charge in [0.1, 0.15) is 0 Å². The SMILES string of the molecule is CC(C)(C)N1CCN(C(C)(C)C)[SiH]1[SiH3]. The second-order valence-corrected chi connectivity index (χ2v) is 12.0. The van der Waals surface area contributed by atoms with Crippen LogP contribution in [0, 0.1) is 0 Å². The van der Waals surface area contributed by atoms with Crippen LogP contribution in [0.5, 0.6) is 0 Å². The van der Waals surface area contributed by atoms with E-state index in [2.05, 4.69) is 50.7 Å². The van der Waals surface area contributed by atoms with Crippen LogP contribution in [0.4, 0.5) is 0 Å². The van der Waals surface area contributed by atoms with E-state index in [-0.39, 0.29) is 0 Å². The van der Waals surface area contributed by atoms with Crippen LogP contribution in [0.1, 0.15) is 41.5 Å². The fourth-order valence-corrected chi connectivity index (χ4v) is 12.3. The summed E-state index contributed by atoms with van der Waals surface area (Å²) < 4.78 is 5.56. The monoisotopic (exact) mass is 230 g/mol. The number of hydrogen-bond donors (Lipinski definition) is 0. The first-order valence-corrected chi connectivity index (χ1v) is 11.3. The molecule has 0 spiro atoms. The Morgan fingerprint density at radius 3 is 1.29 bits per heavy atom. The highest BCUT2D eigenvalue weighted by atomic mass is 29.2. The molecule has 2 nitrogen and oxygen atoms in total.